The van der Waals surface area contributed by atoms with Crippen LogP contribution in [0.3, 0.4) is 0 Å². The fourth-order valence-electron chi connectivity index (χ4n) is 2.85. The summed E-state index contributed by atoms with van der Waals surface area (Å²) in [5.74, 6) is 2.40. The maximum Gasteiger partial charge on any atom is 0.231 e. The zero-order valence-electron chi connectivity index (χ0n) is 14.1. The highest BCUT2D eigenvalue weighted by atomic mass is 35.5. The van der Waals surface area contributed by atoms with Gasteiger partial charge in [-0.3, -0.25) is 4.57 Å². The van der Waals surface area contributed by atoms with Gasteiger partial charge in [-0.15, -0.1) is 0 Å². The Hall–Kier alpha value is -3.12. The largest absolute Gasteiger partial charge is 0.383 e. The van der Waals surface area contributed by atoms with Crippen molar-refractivity contribution in [2.75, 3.05) is 11.1 Å². The predicted octanol–water partition coefficient (Wildman–Crippen LogP) is 4.36. The lowest BCUT2D eigenvalue weighted by Crippen LogP contribution is -2.08. The van der Waals surface area contributed by atoms with E-state index in [2.05, 4.69) is 27.2 Å². The zero-order chi connectivity index (χ0) is 18.1. The molecule has 0 fully saturated rings. The molecule has 0 aliphatic heterocycles. The van der Waals surface area contributed by atoms with Gasteiger partial charge in [0, 0.05) is 23.2 Å². The van der Waals surface area contributed by atoms with E-state index in [0.717, 1.165) is 29.0 Å². The van der Waals surface area contributed by atoms with Crippen molar-refractivity contribution in [3.8, 4) is 5.82 Å². The number of aromatic nitrogens is 4. The summed E-state index contributed by atoms with van der Waals surface area (Å²) in [6.45, 7) is 2.06. The van der Waals surface area contributed by atoms with Crippen LogP contribution in [-0.4, -0.2) is 19.5 Å². The number of hydrogen-bond acceptors (Lipinski definition) is 5. The SMILES string of the molecule is CCc1nc2ccccc2n1-c1cc(N)nc(Nc2ccc(Cl)cc2)n1. The van der Waals surface area contributed by atoms with E-state index >= 15 is 0 Å². The number of nitrogens with zero attached hydrogens (tertiary/aromatic N) is 4. The Bertz CT molecular complexity index is 1070. The highest BCUT2D eigenvalue weighted by Gasteiger charge is 2.13. The fraction of sp³-hybridized carbons (Fsp3) is 0.105. The molecule has 0 aliphatic rings. The third kappa shape index (κ3) is 3.07. The number of rotatable bonds is 4. The van der Waals surface area contributed by atoms with Crippen LogP contribution in [-0.2, 0) is 6.42 Å². The number of nitrogens with one attached hydrogen (secondary N) is 1. The molecule has 4 aromatic rings. The minimum Gasteiger partial charge on any atom is -0.383 e. The minimum atomic E-state index is 0.381. The van der Waals surface area contributed by atoms with Crippen molar-refractivity contribution in [3.63, 3.8) is 0 Å². The van der Waals surface area contributed by atoms with Crippen molar-refractivity contribution in [1.29, 1.82) is 0 Å². The standard InChI is InChI=1S/C19H17ClN6/c1-2-17-23-14-5-3-4-6-15(14)26(17)18-11-16(21)24-19(25-18)22-13-9-7-12(20)8-10-13/h3-11H,2H2,1H3,(H3,21,22,24,25). The van der Waals surface area contributed by atoms with Gasteiger partial charge in [0.2, 0.25) is 5.95 Å². The molecule has 0 atom stereocenters. The summed E-state index contributed by atoms with van der Waals surface area (Å²) in [7, 11) is 0. The summed E-state index contributed by atoms with van der Waals surface area (Å²) in [6, 6.07) is 17.0. The Labute approximate surface area is 155 Å². The van der Waals surface area contributed by atoms with Crippen LogP contribution in [0.2, 0.25) is 5.02 Å². The average Bonchev–Trinajstić information content (AvgIpc) is 3.02. The van der Waals surface area contributed by atoms with Crippen molar-refractivity contribution in [3.05, 3.63) is 65.4 Å². The Kier molecular flexibility index (Phi) is 4.18. The van der Waals surface area contributed by atoms with Crippen LogP contribution in [0.5, 0.6) is 0 Å². The van der Waals surface area contributed by atoms with Crippen LogP contribution in [0.25, 0.3) is 16.9 Å². The molecule has 0 radical (unpaired) electrons. The molecule has 0 saturated heterocycles. The summed E-state index contributed by atoms with van der Waals surface area (Å²) in [4.78, 5) is 13.6. The Morgan fingerprint density at radius 2 is 1.81 bits per heavy atom. The highest BCUT2D eigenvalue weighted by molar-refractivity contribution is 6.30. The molecule has 0 amide bonds. The number of nitrogens with two attached hydrogens (primary N) is 1. The normalized spacial score (nSPS) is 11.0. The second-order valence-corrected chi connectivity index (χ2v) is 6.25. The first-order valence-corrected chi connectivity index (χ1v) is 8.65. The van der Waals surface area contributed by atoms with Crippen molar-refractivity contribution < 1.29 is 0 Å². The molecule has 0 bridgehead atoms. The Balaban J connectivity index is 1.80. The summed E-state index contributed by atoms with van der Waals surface area (Å²) >= 11 is 5.93. The van der Waals surface area contributed by atoms with Crippen LogP contribution in [0.15, 0.2) is 54.6 Å². The van der Waals surface area contributed by atoms with E-state index in [1.165, 1.54) is 0 Å². The van der Waals surface area contributed by atoms with E-state index in [0.29, 0.717) is 22.6 Å². The van der Waals surface area contributed by atoms with E-state index in [9.17, 15) is 0 Å². The Morgan fingerprint density at radius 3 is 2.58 bits per heavy atom. The van der Waals surface area contributed by atoms with Crippen LogP contribution in [0, 0.1) is 0 Å². The monoisotopic (exact) mass is 364 g/mol. The molecule has 0 unspecified atom stereocenters. The number of fused-ring (bicyclic) bond motifs is 1. The molecule has 2 aromatic carbocycles. The number of nitrogen functional groups attached to an aromatic ring is 1. The summed E-state index contributed by atoms with van der Waals surface area (Å²) in [5, 5.41) is 3.83. The third-order valence-corrected chi connectivity index (χ3v) is 4.26. The van der Waals surface area contributed by atoms with Crippen molar-refractivity contribution in [2.24, 2.45) is 0 Å². The van der Waals surface area contributed by atoms with Crippen LogP contribution < -0.4 is 11.1 Å². The van der Waals surface area contributed by atoms with E-state index in [1.807, 2.05) is 41.0 Å². The maximum atomic E-state index is 6.03. The average molecular weight is 365 g/mol. The molecular formula is C19H17ClN6. The second-order valence-electron chi connectivity index (χ2n) is 5.81. The smallest absolute Gasteiger partial charge is 0.231 e. The van der Waals surface area contributed by atoms with Gasteiger partial charge in [0.1, 0.15) is 17.5 Å². The molecule has 4 rings (SSSR count). The number of halogens is 1. The summed E-state index contributed by atoms with van der Waals surface area (Å²) in [6.07, 6.45) is 0.776. The van der Waals surface area contributed by atoms with Gasteiger partial charge in [-0.25, -0.2) is 4.98 Å². The number of benzene rings is 2. The highest BCUT2D eigenvalue weighted by Crippen LogP contribution is 2.24. The van der Waals surface area contributed by atoms with Gasteiger partial charge in [-0.1, -0.05) is 30.7 Å². The first kappa shape index (κ1) is 16.4. The Morgan fingerprint density at radius 1 is 1.04 bits per heavy atom. The predicted molar refractivity (Wildman–Crippen MR) is 105 cm³/mol. The van der Waals surface area contributed by atoms with Gasteiger partial charge in [0.15, 0.2) is 0 Å². The number of anilines is 3. The van der Waals surface area contributed by atoms with Gasteiger partial charge < -0.3 is 11.1 Å². The van der Waals surface area contributed by atoms with E-state index in [4.69, 9.17) is 17.3 Å². The van der Waals surface area contributed by atoms with Crippen molar-refractivity contribution in [2.45, 2.75) is 13.3 Å². The van der Waals surface area contributed by atoms with Crippen molar-refractivity contribution in [1.82, 2.24) is 19.5 Å². The molecule has 0 aliphatic carbocycles. The van der Waals surface area contributed by atoms with E-state index in [-0.39, 0.29) is 0 Å². The number of imidazole rings is 1. The topological polar surface area (TPSA) is 81.7 Å². The molecule has 6 nitrogen and oxygen atoms in total. The van der Waals surface area contributed by atoms with Gasteiger partial charge in [0.25, 0.3) is 0 Å². The molecule has 3 N–H and O–H groups in total. The molecule has 0 saturated carbocycles. The van der Waals surface area contributed by atoms with Crippen molar-refractivity contribution >= 4 is 40.1 Å². The number of hydrogen-bond donors (Lipinski definition) is 2. The summed E-state index contributed by atoms with van der Waals surface area (Å²) < 4.78 is 2.01. The number of para-hydroxylation sites is 2. The first-order chi connectivity index (χ1) is 12.6. The molecule has 0 spiro atoms. The van der Waals surface area contributed by atoms with Crippen LogP contribution >= 0.6 is 11.6 Å². The third-order valence-electron chi connectivity index (χ3n) is 4.01. The molecular weight excluding hydrogens is 348 g/mol. The minimum absolute atomic E-state index is 0.381. The molecule has 26 heavy (non-hydrogen) atoms. The number of aryl methyl sites for hydroxylation is 1. The lowest BCUT2D eigenvalue weighted by molar-refractivity contribution is 0.881. The first-order valence-electron chi connectivity index (χ1n) is 8.28. The lowest BCUT2D eigenvalue weighted by atomic mass is 10.3. The zero-order valence-corrected chi connectivity index (χ0v) is 14.9. The maximum absolute atomic E-state index is 6.03. The molecule has 2 heterocycles. The molecule has 7 heteroatoms. The van der Waals surface area contributed by atoms with Crippen LogP contribution in [0.4, 0.5) is 17.5 Å². The van der Waals surface area contributed by atoms with Gasteiger partial charge in [-0.2, -0.15) is 9.97 Å². The summed E-state index contributed by atoms with van der Waals surface area (Å²) in [5.41, 5.74) is 8.77. The van der Waals surface area contributed by atoms with Gasteiger partial charge in [-0.05, 0) is 36.4 Å². The molecule has 130 valence electrons. The fourth-order valence-corrected chi connectivity index (χ4v) is 2.98. The quantitative estimate of drug-likeness (QED) is 0.562. The van der Waals surface area contributed by atoms with Gasteiger partial charge in [0.05, 0.1) is 11.0 Å². The lowest BCUT2D eigenvalue weighted by Gasteiger charge is -2.11. The van der Waals surface area contributed by atoms with E-state index in [1.54, 1.807) is 18.2 Å². The second kappa shape index (κ2) is 6.65. The van der Waals surface area contributed by atoms with Gasteiger partial charge >= 0.3 is 0 Å². The van der Waals surface area contributed by atoms with E-state index < -0.39 is 0 Å². The molecule has 2 aromatic heterocycles. The van der Waals surface area contributed by atoms with Crippen LogP contribution in [0.1, 0.15) is 12.7 Å².